The smallest absolute Gasteiger partial charge is 0.337 e. The summed E-state index contributed by atoms with van der Waals surface area (Å²) in [6, 6.07) is 5.17. The Kier molecular flexibility index (Phi) is 4.66. The summed E-state index contributed by atoms with van der Waals surface area (Å²) >= 11 is 6.00. The first kappa shape index (κ1) is 14.2. The average Bonchev–Trinajstić information content (AvgIpc) is 2.39. The molecule has 0 saturated carbocycles. The van der Waals surface area contributed by atoms with Gasteiger partial charge in [0.05, 0.1) is 10.6 Å². The molecular weight excluding hydrogens is 264 g/mol. The molecule has 0 spiro atoms. The lowest BCUT2D eigenvalue weighted by atomic mass is 10.1. The largest absolute Gasteiger partial charge is 0.478 e. The summed E-state index contributed by atoms with van der Waals surface area (Å²) in [5, 5.41) is 9.26. The first-order chi connectivity index (χ1) is 9.11. The summed E-state index contributed by atoms with van der Waals surface area (Å²) in [6.45, 7) is 7.35. The fourth-order valence-corrected chi connectivity index (χ4v) is 2.68. The number of rotatable bonds is 4. The lowest BCUT2D eigenvalue weighted by Gasteiger charge is -2.36. The third kappa shape index (κ3) is 3.39. The summed E-state index contributed by atoms with van der Waals surface area (Å²) < 4.78 is 0. The molecular formula is C14H19ClN2O2. The highest BCUT2D eigenvalue weighted by Crippen LogP contribution is 2.24. The Morgan fingerprint density at radius 2 is 2.00 bits per heavy atom. The Bertz CT molecular complexity index is 457. The Morgan fingerprint density at radius 1 is 1.32 bits per heavy atom. The number of aromatic carboxylic acids is 1. The van der Waals surface area contributed by atoms with Crippen molar-refractivity contribution in [2.75, 3.05) is 37.6 Å². The van der Waals surface area contributed by atoms with Crippen LogP contribution in [0.5, 0.6) is 0 Å². The first-order valence-corrected chi connectivity index (χ1v) is 6.99. The molecule has 1 N–H and O–H groups in total. The summed E-state index contributed by atoms with van der Waals surface area (Å²) in [5.74, 6) is -0.982. The molecule has 1 heterocycles. The lowest BCUT2D eigenvalue weighted by molar-refractivity contribution is 0.0697. The van der Waals surface area contributed by atoms with Crippen molar-refractivity contribution in [2.45, 2.75) is 13.3 Å². The molecule has 104 valence electrons. The van der Waals surface area contributed by atoms with Crippen molar-refractivity contribution in [3.63, 3.8) is 0 Å². The summed E-state index contributed by atoms with van der Waals surface area (Å²) in [7, 11) is 0. The quantitative estimate of drug-likeness (QED) is 0.922. The second-order valence-corrected chi connectivity index (χ2v) is 5.21. The van der Waals surface area contributed by atoms with Crippen LogP contribution in [-0.4, -0.2) is 48.7 Å². The second-order valence-electron chi connectivity index (χ2n) is 4.80. The van der Waals surface area contributed by atoms with E-state index in [1.54, 1.807) is 12.1 Å². The van der Waals surface area contributed by atoms with E-state index in [1.807, 2.05) is 6.07 Å². The molecule has 0 atom stereocenters. The normalized spacial score (nSPS) is 16.6. The number of halogens is 1. The SMILES string of the molecule is CCCN1CCN(c2ccc(C(=O)O)c(Cl)c2)CC1. The maximum absolute atomic E-state index is 10.9. The lowest BCUT2D eigenvalue weighted by Crippen LogP contribution is -2.46. The van der Waals surface area contributed by atoms with E-state index in [0.29, 0.717) is 5.02 Å². The number of carboxylic acids is 1. The van der Waals surface area contributed by atoms with E-state index in [0.717, 1.165) is 38.4 Å². The number of carbonyl (C=O) groups is 1. The fourth-order valence-electron chi connectivity index (χ4n) is 2.42. The molecule has 0 radical (unpaired) electrons. The average molecular weight is 283 g/mol. The highest BCUT2D eigenvalue weighted by molar-refractivity contribution is 6.33. The van der Waals surface area contributed by atoms with Crippen LogP contribution in [0.4, 0.5) is 5.69 Å². The molecule has 5 heteroatoms. The van der Waals surface area contributed by atoms with Gasteiger partial charge >= 0.3 is 5.97 Å². The van der Waals surface area contributed by atoms with Gasteiger partial charge in [-0.2, -0.15) is 0 Å². The number of hydrogen-bond acceptors (Lipinski definition) is 3. The van der Waals surface area contributed by atoms with Gasteiger partial charge in [-0.05, 0) is 31.2 Å². The van der Waals surface area contributed by atoms with Crippen molar-refractivity contribution in [1.82, 2.24) is 4.90 Å². The number of anilines is 1. The molecule has 0 aliphatic carbocycles. The molecule has 1 aliphatic heterocycles. The highest BCUT2D eigenvalue weighted by atomic mass is 35.5. The van der Waals surface area contributed by atoms with Gasteiger partial charge in [-0.15, -0.1) is 0 Å². The van der Waals surface area contributed by atoms with E-state index >= 15 is 0 Å². The van der Waals surface area contributed by atoms with E-state index in [-0.39, 0.29) is 5.56 Å². The number of carboxylic acid groups (broad SMARTS) is 1. The topological polar surface area (TPSA) is 43.8 Å². The first-order valence-electron chi connectivity index (χ1n) is 6.62. The van der Waals surface area contributed by atoms with Crippen LogP contribution in [-0.2, 0) is 0 Å². The van der Waals surface area contributed by atoms with E-state index in [1.165, 1.54) is 6.42 Å². The van der Waals surface area contributed by atoms with Crippen LogP contribution in [0.3, 0.4) is 0 Å². The van der Waals surface area contributed by atoms with Crippen LogP contribution >= 0.6 is 11.6 Å². The molecule has 1 aromatic rings. The summed E-state index contributed by atoms with van der Waals surface area (Å²) in [4.78, 5) is 15.6. The van der Waals surface area contributed by atoms with E-state index in [9.17, 15) is 4.79 Å². The van der Waals surface area contributed by atoms with Gasteiger partial charge in [0.1, 0.15) is 0 Å². The number of hydrogen-bond donors (Lipinski definition) is 1. The van der Waals surface area contributed by atoms with Crippen LogP contribution in [0.1, 0.15) is 23.7 Å². The van der Waals surface area contributed by atoms with Gasteiger partial charge in [0.25, 0.3) is 0 Å². The molecule has 0 aromatic heterocycles. The van der Waals surface area contributed by atoms with Crippen LogP contribution in [0.15, 0.2) is 18.2 Å². The van der Waals surface area contributed by atoms with Crippen LogP contribution < -0.4 is 4.90 Å². The Labute approximate surface area is 118 Å². The third-order valence-corrected chi connectivity index (χ3v) is 3.77. The molecule has 1 saturated heterocycles. The van der Waals surface area contributed by atoms with Crippen LogP contribution in [0, 0.1) is 0 Å². The third-order valence-electron chi connectivity index (χ3n) is 3.46. The predicted molar refractivity (Wildman–Crippen MR) is 77.4 cm³/mol. The van der Waals surface area contributed by atoms with Crippen molar-refractivity contribution in [3.8, 4) is 0 Å². The minimum absolute atomic E-state index is 0.162. The van der Waals surface area contributed by atoms with Crippen molar-refractivity contribution in [3.05, 3.63) is 28.8 Å². The monoisotopic (exact) mass is 282 g/mol. The molecule has 1 aromatic carbocycles. The zero-order valence-corrected chi connectivity index (χ0v) is 11.9. The number of nitrogens with zero attached hydrogens (tertiary/aromatic N) is 2. The van der Waals surface area contributed by atoms with Gasteiger partial charge in [0.15, 0.2) is 0 Å². The minimum Gasteiger partial charge on any atom is -0.478 e. The summed E-state index contributed by atoms with van der Waals surface area (Å²) in [5.41, 5.74) is 1.17. The van der Waals surface area contributed by atoms with Gasteiger partial charge < -0.3 is 10.0 Å². The Balaban J connectivity index is 2.04. The predicted octanol–water partition coefficient (Wildman–Crippen LogP) is 2.57. The van der Waals surface area contributed by atoms with Gasteiger partial charge in [-0.1, -0.05) is 18.5 Å². The Morgan fingerprint density at radius 3 is 2.53 bits per heavy atom. The molecule has 1 fully saturated rings. The van der Waals surface area contributed by atoms with E-state index in [2.05, 4.69) is 16.7 Å². The second kappa shape index (κ2) is 6.26. The van der Waals surface area contributed by atoms with Crippen LogP contribution in [0.25, 0.3) is 0 Å². The maximum Gasteiger partial charge on any atom is 0.337 e. The van der Waals surface area contributed by atoms with E-state index < -0.39 is 5.97 Å². The van der Waals surface area contributed by atoms with E-state index in [4.69, 9.17) is 16.7 Å². The van der Waals surface area contributed by atoms with Gasteiger partial charge in [0.2, 0.25) is 0 Å². The zero-order valence-electron chi connectivity index (χ0n) is 11.1. The van der Waals surface area contributed by atoms with Gasteiger partial charge in [-0.3, -0.25) is 4.90 Å². The minimum atomic E-state index is -0.982. The maximum atomic E-state index is 10.9. The van der Waals surface area contributed by atoms with Gasteiger partial charge in [-0.25, -0.2) is 4.79 Å². The molecule has 19 heavy (non-hydrogen) atoms. The molecule has 0 amide bonds. The number of piperazine rings is 1. The number of benzene rings is 1. The van der Waals surface area contributed by atoms with Crippen molar-refractivity contribution in [1.29, 1.82) is 0 Å². The molecule has 1 aliphatic rings. The standard InChI is InChI=1S/C14H19ClN2O2/c1-2-5-16-6-8-17(9-7-16)11-3-4-12(14(18)19)13(15)10-11/h3-4,10H,2,5-9H2,1H3,(H,18,19). The van der Waals surface area contributed by atoms with Crippen molar-refractivity contribution >= 4 is 23.3 Å². The van der Waals surface area contributed by atoms with Crippen molar-refractivity contribution in [2.24, 2.45) is 0 Å². The molecule has 0 unspecified atom stereocenters. The van der Waals surface area contributed by atoms with Gasteiger partial charge in [0, 0.05) is 31.9 Å². The Hall–Kier alpha value is -1.26. The van der Waals surface area contributed by atoms with Crippen LogP contribution in [0.2, 0.25) is 5.02 Å². The molecule has 4 nitrogen and oxygen atoms in total. The fraction of sp³-hybridized carbons (Fsp3) is 0.500. The van der Waals surface area contributed by atoms with Crippen molar-refractivity contribution < 1.29 is 9.90 Å². The molecule has 0 bridgehead atoms. The highest BCUT2D eigenvalue weighted by Gasteiger charge is 2.18. The molecule has 2 rings (SSSR count). The summed E-state index contributed by atoms with van der Waals surface area (Å²) in [6.07, 6.45) is 1.18. The zero-order chi connectivity index (χ0) is 13.8.